The second-order valence-corrected chi connectivity index (χ2v) is 5.26. The molecule has 1 aliphatic rings. The molecule has 0 radical (unpaired) electrons. The minimum atomic E-state index is -0.260. The van der Waals surface area contributed by atoms with Crippen LogP contribution in [-0.2, 0) is 0 Å². The molecule has 1 aromatic rings. The Morgan fingerprint density at radius 1 is 1.32 bits per heavy atom. The number of amides is 2. The molecule has 1 saturated heterocycles. The third-order valence-electron chi connectivity index (χ3n) is 3.83. The number of urea groups is 1. The molecule has 0 aliphatic carbocycles. The zero-order valence-corrected chi connectivity index (χ0v) is 11.1. The van der Waals surface area contributed by atoms with Gasteiger partial charge >= 0.3 is 6.03 Å². The number of carbonyl (C=O) groups is 1. The Hall–Kier alpha value is -2.04. The zero-order valence-electron chi connectivity index (χ0n) is 11.1. The third-order valence-corrected chi connectivity index (χ3v) is 3.83. The average molecular weight is 260 g/mol. The quantitative estimate of drug-likeness (QED) is 0.563. The number of carbonyl (C=O) groups excluding carboxylic acids is 1. The van der Waals surface area contributed by atoms with Gasteiger partial charge in [0.15, 0.2) is 0 Å². The van der Waals surface area contributed by atoms with Gasteiger partial charge in [0.05, 0.1) is 5.84 Å². The van der Waals surface area contributed by atoms with Gasteiger partial charge in [-0.2, -0.15) is 0 Å². The molecule has 5 heteroatoms. The molecule has 1 heterocycles. The van der Waals surface area contributed by atoms with Gasteiger partial charge in [0.25, 0.3) is 0 Å². The third kappa shape index (κ3) is 3.05. The van der Waals surface area contributed by atoms with Crippen molar-refractivity contribution in [2.75, 3.05) is 18.4 Å². The van der Waals surface area contributed by atoms with Crippen LogP contribution in [0, 0.1) is 10.8 Å². The summed E-state index contributed by atoms with van der Waals surface area (Å²) in [7, 11) is 0. The molecule has 2 rings (SSSR count). The van der Waals surface area contributed by atoms with Crippen LogP contribution in [0.15, 0.2) is 30.3 Å². The number of nitrogens with one attached hydrogen (secondary N) is 2. The second kappa shape index (κ2) is 5.30. The summed E-state index contributed by atoms with van der Waals surface area (Å²) in [6.45, 7) is 3.26. The minimum Gasteiger partial charge on any atom is -0.387 e. The first-order valence-electron chi connectivity index (χ1n) is 6.47. The molecule has 1 aliphatic heterocycles. The number of rotatable bonds is 2. The number of hydrogen-bond acceptors (Lipinski definition) is 2. The van der Waals surface area contributed by atoms with Crippen molar-refractivity contribution in [1.29, 1.82) is 5.41 Å². The second-order valence-electron chi connectivity index (χ2n) is 5.26. The number of piperidine rings is 1. The van der Waals surface area contributed by atoms with Crippen molar-refractivity contribution in [2.24, 2.45) is 11.1 Å². The summed E-state index contributed by atoms with van der Waals surface area (Å²) < 4.78 is 0. The summed E-state index contributed by atoms with van der Waals surface area (Å²) in [5.74, 6) is 0.218. The monoisotopic (exact) mass is 260 g/mol. The van der Waals surface area contributed by atoms with Gasteiger partial charge in [-0.05, 0) is 25.0 Å². The lowest BCUT2D eigenvalue weighted by Gasteiger charge is -2.38. The van der Waals surface area contributed by atoms with E-state index in [1.165, 1.54) is 0 Å². The smallest absolute Gasteiger partial charge is 0.321 e. The Morgan fingerprint density at radius 3 is 2.42 bits per heavy atom. The molecule has 0 atom stereocenters. The van der Waals surface area contributed by atoms with E-state index in [1.54, 1.807) is 4.90 Å². The van der Waals surface area contributed by atoms with E-state index in [2.05, 4.69) is 5.32 Å². The Bertz CT molecular complexity index is 464. The van der Waals surface area contributed by atoms with E-state index in [4.69, 9.17) is 11.1 Å². The number of likely N-dealkylation sites (tertiary alicyclic amines) is 1. The maximum atomic E-state index is 12.1. The fraction of sp³-hybridized carbons (Fsp3) is 0.429. The van der Waals surface area contributed by atoms with Crippen LogP contribution in [0.5, 0.6) is 0 Å². The van der Waals surface area contributed by atoms with Crippen molar-refractivity contribution in [1.82, 2.24) is 4.90 Å². The van der Waals surface area contributed by atoms with Crippen molar-refractivity contribution in [3.63, 3.8) is 0 Å². The van der Waals surface area contributed by atoms with Gasteiger partial charge < -0.3 is 16.0 Å². The summed E-state index contributed by atoms with van der Waals surface area (Å²) in [6, 6.07) is 9.33. The predicted molar refractivity (Wildman–Crippen MR) is 76.3 cm³/mol. The first kappa shape index (κ1) is 13.4. The Labute approximate surface area is 113 Å². The molecule has 0 spiro atoms. The van der Waals surface area contributed by atoms with E-state index in [-0.39, 0.29) is 17.3 Å². The lowest BCUT2D eigenvalue weighted by molar-refractivity contribution is 0.170. The number of benzene rings is 1. The summed E-state index contributed by atoms with van der Waals surface area (Å²) >= 11 is 0. The SMILES string of the molecule is CC1(C(=N)N)CCN(C(=O)Nc2ccccc2)CC1. The van der Waals surface area contributed by atoms with Gasteiger partial charge in [-0.15, -0.1) is 0 Å². The predicted octanol–water partition coefficient (Wildman–Crippen LogP) is 2.26. The first-order chi connectivity index (χ1) is 9.01. The average Bonchev–Trinajstić information content (AvgIpc) is 2.40. The summed E-state index contributed by atoms with van der Waals surface area (Å²) in [6.07, 6.45) is 1.48. The number of nitrogens with two attached hydrogens (primary N) is 1. The zero-order chi connectivity index (χ0) is 13.9. The lowest BCUT2D eigenvalue weighted by atomic mass is 9.79. The van der Waals surface area contributed by atoms with Crippen molar-refractivity contribution < 1.29 is 4.79 Å². The van der Waals surface area contributed by atoms with Gasteiger partial charge in [0.2, 0.25) is 0 Å². The fourth-order valence-corrected chi connectivity index (χ4v) is 2.20. The molecule has 2 amide bonds. The normalized spacial score (nSPS) is 17.8. The number of nitrogens with zero attached hydrogens (tertiary/aromatic N) is 1. The van der Waals surface area contributed by atoms with Crippen molar-refractivity contribution in [3.05, 3.63) is 30.3 Å². The number of anilines is 1. The highest BCUT2D eigenvalue weighted by molar-refractivity contribution is 5.89. The number of amidine groups is 1. The molecular weight excluding hydrogens is 240 g/mol. The summed E-state index contributed by atoms with van der Waals surface area (Å²) in [4.78, 5) is 13.9. The van der Waals surface area contributed by atoms with Crippen LogP contribution in [0.25, 0.3) is 0 Å². The van der Waals surface area contributed by atoms with Crippen molar-refractivity contribution in [2.45, 2.75) is 19.8 Å². The topological polar surface area (TPSA) is 82.2 Å². The van der Waals surface area contributed by atoms with Crippen LogP contribution in [0.3, 0.4) is 0 Å². The highest BCUT2D eigenvalue weighted by Gasteiger charge is 2.34. The van der Waals surface area contributed by atoms with Gasteiger partial charge in [-0.3, -0.25) is 5.41 Å². The van der Waals surface area contributed by atoms with Crippen molar-refractivity contribution in [3.8, 4) is 0 Å². The highest BCUT2D eigenvalue weighted by atomic mass is 16.2. The Kier molecular flexibility index (Phi) is 3.74. The molecule has 0 saturated carbocycles. The van der Waals surface area contributed by atoms with Crippen LogP contribution >= 0.6 is 0 Å². The minimum absolute atomic E-state index is 0.0863. The van der Waals surface area contributed by atoms with E-state index in [0.29, 0.717) is 13.1 Å². The Morgan fingerprint density at radius 2 is 1.89 bits per heavy atom. The van der Waals surface area contributed by atoms with E-state index in [9.17, 15) is 4.79 Å². The van der Waals surface area contributed by atoms with Gasteiger partial charge in [-0.1, -0.05) is 25.1 Å². The number of para-hydroxylation sites is 1. The van der Waals surface area contributed by atoms with E-state index < -0.39 is 0 Å². The Balaban J connectivity index is 1.91. The lowest BCUT2D eigenvalue weighted by Crippen LogP contribution is -2.48. The van der Waals surface area contributed by atoms with E-state index in [1.807, 2.05) is 37.3 Å². The largest absolute Gasteiger partial charge is 0.387 e. The molecule has 5 nitrogen and oxygen atoms in total. The first-order valence-corrected chi connectivity index (χ1v) is 6.47. The standard InChI is InChI=1S/C14H20N4O/c1-14(12(15)16)7-9-18(10-8-14)13(19)17-11-5-3-2-4-6-11/h2-6H,7-10H2,1H3,(H3,15,16)(H,17,19). The van der Waals surface area contributed by atoms with Crippen LogP contribution < -0.4 is 11.1 Å². The number of hydrogen-bond donors (Lipinski definition) is 3. The molecule has 1 fully saturated rings. The molecule has 4 N–H and O–H groups in total. The van der Waals surface area contributed by atoms with Crippen LogP contribution in [-0.4, -0.2) is 29.9 Å². The fourth-order valence-electron chi connectivity index (χ4n) is 2.20. The summed E-state index contributed by atoms with van der Waals surface area (Å²) in [5, 5.41) is 10.5. The van der Waals surface area contributed by atoms with Crippen LogP contribution in [0.1, 0.15) is 19.8 Å². The highest BCUT2D eigenvalue weighted by Crippen LogP contribution is 2.30. The van der Waals surface area contributed by atoms with E-state index in [0.717, 1.165) is 18.5 Å². The van der Waals surface area contributed by atoms with Crippen molar-refractivity contribution >= 4 is 17.6 Å². The molecule has 0 aromatic heterocycles. The van der Waals surface area contributed by atoms with Gasteiger partial charge in [-0.25, -0.2) is 4.79 Å². The molecule has 0 bridgehead atoms. The van der Waals surface area contributed by atoms with Crippen LogP contribution in [0.4, 0.5) is 10.5 Å². The maximum Gasteiger partial charge on any atom is 0.321 e. The van der Waals surface area contributed by atoms with Gasteiger partial charge in [0.1, 0.15) is 0 Å². The molecule has 19 heavy (non-hydrogen) atoms. The molecule has 102 valence electrons. The maximum absolute atomic E-state index is 12.1. The molecule has 0 unspecified atom stereocenters. The molecule has 1 aromatic carbocycles. The van der Waals surface area contributed by atoms with Gasteiger partial charge in [0, 0.05) is 24.2 Å². The van der Waals surface area contributed by atoms with E-state index >= 15 is 0 Å². The molecular formula is C14H20N4O. The summed E-state index contributed by atoms with van der Waals surface area (Å²) in [5.41, 5.74) is 6.15. The van der Waals surface area contributed by atoms with Crippen LogP contribution in [0.2, 0.25) is 0 Å².